The van der Waals surface area contributed by atoms with Crippen LogP contribution in [0.3, 0.4) is 0 Å². The van der Waals surface area contributed by atoms with Crippen molar-refractivity contribution in [2.75, 3.05) is 5.32 Å². The number of aromatic nitrogens is 2. The van der Waals surface area contributed by atoms with Crippen molar-refractivity contribution in [3.8, 4) is 22.6 Å². The van der Waals surface area contributed by atoms with E-state index in [0.717, 1.165) is 22.5 Å². The summed E-state index contributed by atoms with van der Waals surface area (Å²) in [5.74, 6) is -0.291. The normalized spacial score (nSPS) is 10.7. The highest BCUT2D eigenvalue weighted by Gasteiger charge is 2.24. The molecule has 1 N–H and O–H groups in total. The summed E-state index contributed by atoms with van der Waals surface area (Å²) in [6.45, 7) is 3.39. The lowest BCUT2D eigenvalue weighted by Crippen LogP contribution is -2.22. The number of nitrogens with zero attached hydrogens (tertiary/aromatic N) is 2. The summed E-state index contributed by atoms with van der Waals surface area (Å²) in [5.41, 5.74) is 4.04. The highest BCUT2D eigenvalue weighted by Crippen LogP contribution is 2.30. The summed E-state index contributed by atoms with van der Waals surface area (Å²) in [4.78, 5) is 25.5. The van der Waals surface area contributed by atoms with Gasteiger partial charge in [-0.1, -0.05) is 60.7 Å². The summed E-state index contributed by atoms with van der Waals surface area (Å²) >= 11 is 0. The highest BCUT2D eigenvalue weighted by atomic mass is 16.2. The van der Waals surface area contributed by atoms with Gasteiger partial charge in [0.15, 0.2) is 0 Å². The number of benzene rings is 3. The van der Waals surface area contributed by atoms with Crippen LogP contribution >= 0.6 is 0 Å². The Morgan fingerprint density at radius 3 is 2.03 bits per heavy atom. The zero-order chi connectivity index (χ0) is 20.4. The first-order chi connectivity index (χ1) is 14.1. The molecule has 0 fully saturated rings. The fourth-order valence-corrected chi connectivity index (χ4v) is 3.46. The third-order valence-corrected chi connectivity index (χ3v) is 4.65. The molecule has 4 rings (SSSR count). The second-order valence-corrected chi connectivity index (χ2v) is 6.87. The van der Waals surface area contributed by atoms with Crippen LogP contribution in [0, 0.1) is 6.92 Å². The van der Waals surface area contributed by atoms with E-state index in [-0.39, 0.29) is 17.2 Å². The second-order valence-electron chi connectivity index (χ2n) is 6.87. The summed E-state index contributed by atoms with van der Waals surface area (Å²) in [6.07, 6.45) is 0. The molecule has 0 saturated heterocycles. The first-order valence-electron chi connectivity index (χ1n) is 9.40. The fourth-order valence-electron chi connectivity index (χ4n) is 3.46. The van der Waals surface area contributed by atoms with Crippen molar-refractivity contribution in [1.82, 2.24) is 9.36 Å². The number of carbonyl (C=O) groups excluding carboxylic acids is 1. The van der Waals surface area contributed by atoms with Crippen molar-refractivity contribution in [3.63, 3.8) is 0 Å². The van der Waals surface area contributed by atoms with Gasteiger partial charge in [-0.05, 0) is 36.8 Å². The van der Waals surface area contributed by atoms with Crippen molar-refractivity contribution >= 4 is 11.6 Å². The number of amides is 1. The monoisotopic (exact) mass is 383 g/mol. The van der Waals surface area contributed by atoms with E-state index in [0.29, 0.717) is 5.69 Å². The van der Waals surface area contributed by atoms with E-state index in [1.807, 2.05) is 96.5 Å². The molecular weight excluding hydrogens is 362 g/mol. The minimum atomic E-state index is -0.291. The summed E-state index contributed by atoms with van der Waals surface area (Å²) in [6, 6.07) is 27.0. The predicted molar refractivity (Wildman–Crippen MR) is 116 cm³/mol. The Morgan fingerprint density at radius 1 is 0.793 bits per heavy atom. The van der Waals surface area contributed by atoms with Crippen LogP contribution in [0.25, 0.3) is 22.6 Å². The molecule has 0 unspecified atom stereocenters. The number of hydrogen-bond acceptors (Lipinski definition) is 2. The van der Waals surface area contributed by atoms with Gasteiger partial charge in [0.1, 0.15) is 11.4 Å². The van der Waals surface area contributed by atoms with Crippen LogP contribution in [0.1, 0.15) is 12.5 Å². The standard InChI is InChI=1S/C24H21N3O2/c1-17-10-9-15-21(16-17)27-24(29)22(25-18(2)28)23(19-11-5-3-6-12-19)26(27)20-13-7-4-8-14-20/h3-16H,1-2H3,(H,25,28). The number of anilines is 1. The molecule has 0 aliphatic heterocycles. The second kappa shape index (κ2) is 7.64. The van der Waals surface area contributed by atoms with Crippen LogP contribution in [0.5, 0.6) is 0 Å². The van der Waals surface area contributed by atoms with Crippen LogP contribution in [0.2, 0.25) is 0 Å². The summed E-state index contributed by atoms with van der Waals surface area (Å²) in [7, 11) is 0. The van der Waals surface area contributed by atoms with Gasteiger partial charge in [-0.15, -0.1) is 0 Å². The Balaban J connectivity index is 2.14. The topological polar surface area (TPSA) is 56.0 Å². The molecule has 0 aliphatic rings. The van der Waals surface area contributed by atoms with E-state index in [1.54, 1.807) is 4.68 Å². The van der Waals surface area contributed by atoms with Gasteiger partial charge in [-0.2, -0.15) is 0 Å². The van der Waals surface area contributed by atoms with Gasteiger partial charge >= 0.3 is 0 Å². The number of rotatable bonds is 4. The van der Waals surface area contributed by atoms with Crippen molar-refractivity contribution in [2.45, 2.75) is 13.8 Å². The number of nitrogens with one attached hydrogen (secondary N) is 1. The number of carbonyl (C=O) groups is 1. The van der Waals surface area contributed by atoms with Gasteiger partial charge in [0, 0.05) is 12.5 Å². The Labute approximate surface area is 168 Å². The SMILES string of the molecule is CC(=O)Nc1c(-c2ccccc2)n(-c2ccccc2)n(-c2cccc(C)c2)c1=O. The largest absolute Gasteiger partial charge is 0.320 e. The molecule has 1 heterocycles. The van der Waals surface area contributed by atoms with Crippen molar-refractivity contribution < 1.29 is 4.79 Å². The van der Waals surface area contributed by atoms with E-state index < -0.39 is 0 Å². The molecule has 0 aliphatic carbocycles. The summed E-state index contributed by atoms with van der Waals surface area (Å²) in [5, 5.41) is 2.76. The van der Waals surface area contributed by atoms with Gasteiger partial charge < -0.3 is 5.32 Å². The molecule has 0 saturated carbocycles. The molecule has 3 aromatic carbocycles. The van der Waals surface area contributed by atoms with Crippen LogP contribution in [-0.2, 0) is 4.79 Å². The lowest BCUT2D eigenvalue weighted by Gasteiger charge is -2.16. The average Bonchev–Trinajstić information content (AvgIpc) is 3.01. The zero-order valence-electron chi connectivity index (χ0n) is 16.3. The first kappa shape index (κ1) is 18.5. The first-order valence-corrected chi connectivity index (χ1v) is 9.40. The Bertz CT molecular complexity index is 1220. The molecular formula is C24H21N3O2. The third-order valence-electron chi connectivity index (χ3n) is 4.65. The van der Waals surface area contributed by atoms with Gasteiger partial charge in [0.25, 0.3) is 5.56 Å². The lowest BCUT2D eigenvalue weighted by atomic mass is 10.1. The molecule has 0 spiro atoms. The van der Waals surface area contributed by atoms with Gasteiger partial charge in [0.05, 0.1) is 11.4 Å². The van der Waals surface area contributed by atoms with Gasteiger partial charge in [-0.25, -0.2) is 9.36 Å². The zero-order valence-corrected chi connectivity index (χ0v) is 16.3. The van der Waals surface area contributed by atoms with E-state index in [4.69, 9.17) is 0 Å². The molecule has 4 aromatic rings. The molecule has 5 nitrogen and oxygen atoms in total. The minimum absolute atomic E-state index is 0.258. The smallest absolute Gasteiger partial charge is 0.296 e. The number of hydrogen-bond donors (Lipinski definition) is 1. The third kappa shape index (κ3) is 3.50. The van der Waals surface area contributed by atoms with E-state index in [1.165, 1.54) is 6.92 Å². The van der Waals surface area contributed by atoms with Crippen molar-refractivity contribution in [3.05, 3.63) is 101 Å². The quantitative estimate of drug-likeness (QED) is 0.562. The molecule has 1 aromatic heterocycles. The van der Waals surface area contributed by atoms with Crippen LogP contribution in [0.15, 0.2) is 89.7 Å². The van der Waals surface area contributed by atoms with Gasteiger partial charge in [0.2, 0.25) is 5.91 Å². The molecule has 0 atom stereocenters. The van der Waals surface area contributed by atoms with Crippen molar-refractivity contribution in [2.24, 2.45) is 0 Å². The van der Waals surface area contributed by atoms with E-state index in [2.05, 4.69) is 5.32 Å². The maximum Gasteiger partial charge on any atom is 0.296 e. The average molecular weight is 383 g/mol. The maximum absolute atomic E-state index is 13.5. The van der Waals surface area contributed by atoms with Gasteiger partial charge in [-0.3, -0.25) is 9.59 Å². The Hall–Kier alpha value is -3.86. The van der Waals surface area contributed by atoms with E-state index >= 15 is 0 Å². The lowest BCUT2D eigenvalue weighted by molar-refractivity contribution is -0.114. The molecule has 29 heavy (non-hydrogen) atoms. The minimum Gasteiger partial charge on any atom is -0.320 e. The molecule has 0 radical (unpaired) electrons. The number of para-hydroxylation sites is 1. The van der Waals surface area contributed by atoms with Crippen LogP contribution in [-0.4, -0.2) is 15.3 Å². The van der Waals surface area contributed by atoms with Crippen molar-refractivity contribution in [1.29, 1.82) is 0 Å². The highest BCUT2D eigenvalue weighted by molar-refractivity contribution is 5.93. The fraction of sp³-hybridized carbons (Fsp3) is 0.0833. The predicted octanol–water partition coefficient (Wildman–Crippen LogP) is 4.56. The van der Waals surface area contributed by atoms with Crippen LogP contribution < -0.4 is 10.9 Å². The Kier molecular flexibility index (Phi) is 4.87. The maximum atomic E-state index is 13.5. The molecule has 1 amide bonds. The van der Waals surface area contributed by atoms with Crippen LogP contribution in [0.4, 0.5) is 5.69 Å². The molecule has 144 valence electrons. The number of aryl methyl sites for hydroxylation is 1. The van der Waals surface area contributed by atoms with E-state index in [9.17, 15) is 9.59 Å². The summed E-state index contributed by atoms with van der Waals surface area (Å²) < 4.78 is 3.47. The molecule has 0 bridgehead atoms. The molecule has 5 heteroatoms. The Morgan fingerprint density at radius 2 is 1.41 bits per heavy atom.